The molecule has 0 bridgehead atoms. The standard InChI is InChI=1S/C24H18N4S/c1-2-10-20(11-3-1)23-27-24(26-17-18-8-7-15-25-16-18)29-28(23)22-14-6-12-19-9-4-5-13-21(19)22/h1-16H,17H2. The fourth-order valence-electron chi connectivity index (χ4n) is 3.31. The van der Waals surface area contributed by atoms with Crippen molar-refractivity contribution < 1.29 is 0 Å². The van der Waals surface area contributed by atoms with Gasteiger partial charge in [-0.3, -0.25) is 9.98 Å². The molecule has 0 saturated heterocycles. The molecule has 2 heterocycles. The number of hydrogen-bond acceptors (Lipinski definition) is 4. The first kappa shape index (κ1) is 17.5. The van der Waals surface area contributed by atoms with E-state index in [0.29, 0.717) is 6.54 Å². The summed E-state index contributed by atoms with van der Waals surface area (Å²) in [4.78, 5) is 14.5. The maximum atomic E-state index is 4.87. The normalized spacial score (nSPS) is 11.8. The number of aromatic nitrogens is 3. The average molecular weight is 395 g/mol. The fraction of sp³-hybridized carbons (Fsp3) is 0.0417. The summed E-state index contributed by atoms with van der Waals surface area (Å²) in [6.07, 6.45) is 3.61. The number of hydrogen-bond donors (Lipinski definition) is 0. The van der Waals surface area contributed by atoms with E-state index in [1.165, 1.54) is 10.8 Å². The van der Waals surface area contributed by atoms with Gasteiger partial charge in [0, 0.05) is 23.3 Å². The molecule has 0 aliphatic heterocycles. The Morgan fingerprint density at radius 1 is 0.828 bits per heavy atom. The number of nitrogens with zero attached hydrogens (tertiary/aromatic N) is 4. The summed E-state index contributed by atoms with van der Waals surface area (Å²) in [6, 6.07) is 29.0. The van der Waals surface area contributed by atoms with Gasteiger partial charge < -0.3 is 0 Å². The van der Waals surface area contributed by atoms with Crippen LogP contribution in [-0.4, -0.2) is 13.9 Å². The molecule has 0 radical (unpaired) electrons. The van der Waals surface area contributed by atoms with Crippen molar-refractivity contribution in [3.63, 3.8) is 0 Å². The Bertz CT molecular complexity index is 1320. The van der Waals surface area contributed by atoms with E-state index in [1.54, 1.807) is 17.7 Å². The minimum Gasteiger partial charge on any atom is -0.264 e. The summed E-state index contributed by atoms with van der Waals surface area (Å²) in [5, 5.41) is 2.40. The van der Waals surface area contributed by atoms with Crippen LogP contribution in [0.2, 0.25) is 0 Å². The van der Waals surface area contributed by atoms with Gasteiger partial charge in [0.1, 0.15) is 0 Å². The van der Waals surface area contributed by atoms with Gasteiger partial charge in [-0.2, -0.15) is 4.98 Å². The first-order valence-corrected chi connectivity index (χ1v) is 10.2. The fourth-order valence-corrected chi connectivity index (χ4v) is 4.22. The predicted molar refractivity (Wildman–Crippen MR) is 118 cm³/mol. The highest BCUT2D eigenvalue weighted by atomic mass is 32.1. The molecule has 5 heteroatoms. The Morgan fingerprint density at radius 3 is 2.52 bits per heavy atom. The molecule has 0 aliphatic rings. The second-order valence-corrected chi connectivity index (χ2v) is 7.56. The maximum absolute atomic E-state index is 4.87. The first-order chi connectivity index (χ1) is 14.4. The Balaban J connectivity index is 1.68. The molecular weight excluding hydrogens is 376 g/mol. The smallest absolute Gasteiger partial charge is 0.223 e. The van der Waals surface area contributed by atoms with Gasteiger partial charge in [0.2, 0.25) is 4.80 Å². The molecule has 0 amide bonds. The summed E-state index contributed by atoms with van der Waals surface area (Å²) >= 11 is 1.56. The molecule has 3 aromatic carbocycles. The van der Waals surface area contributed by atoms with Gasteiger partial charge in [-0.05, 0) is 34.6 Å². The predicted octanol–water partition coefficient (Wildman–Crippen LogP) is 5.25. The van der Waals surface area contributed by atoms with Crippen LogP contribution in [-0.2, 0) is 6.54 Å². The highest BCUT2D eigenvalue weighted by Gasteiger charge is 2.13. The van der Waals surface area contributed by atoms with Crippen molar-refractivity contribution >= 4 is 22.3 Å². The lowest BCUT2D eigenvalue weighted by molar-refractivity contribution is 0.980. The number of benzene rings is 3. The van der Waals surface area contributed by atoms with Crippen LogP contribution in [0.3, 0.4) is 0 Å². The molecule has 0 atom stereocenters. The quantitative estimate of drug-likeness (QED) is 0.418. The van der Waals surface area contributed by atoms with Gasteiger partial charge in [-0.1, -0.05) is 72.8 Å². The molecule has 0 unspecified atom stereocenters. The van der Waals surface area contributed by atoms with E-state index in [-0.39, 0.29) is 0 Å². The summed E-state index contributed by atoms with van der Waals surface area (Å²) < 4.78 is 2.18. The van der Waals surface area contributed by atoms with Crippen molar-refractivity contribution in [3.05, 3.63) is 108 Å². The van der Waals surface area contributed by atoms with Crippen LogP contribution in [0.4, 0.5) is 0 Å². The monoisotopic (exact) mass is 394 g/mol. The van der Waals surface area contributed by atoms with Crippen molar-refractivity contribution in [2.75, 3.05) is 0 Å². The lowest BCUT2D eigenvalue weighted by atomic mass is 10.1. The first-order valence-electron chi connectivity index (χ1n) is 9.42. The van der Waals surface area contributed by atoms with Crippen LogP contribution in [0, 0.1) is 0 Å². The summed E-state index contributed by atoms with van der Waals surface area (Å²) in [6.45, 7) is 0.561. The Kier molecular flexibility index (Phi) is 4.72. The second-order valence-electron chi connectivity index (χ2n) is 6.65. The van der Waals surface area contributed by atoms with Crippen LogP contribution in [0.1, 0.15) is 5.56 Å². The maximum Gasteiger partial charge on any atom is 0.223 e. The zero-order chi connectivity index (χ0) is 19.5. The van der Waals surface area contributed by atoms with Gasteiger partial charge in [-0.25, -0.2) is 3.96 Å². The van der Waals surface area contributed by atoms with E-state index < -0.39 is 0 Å². The molecule has 0 fully saturated rings. The summed E-state index contributed by atoms with van der Waals surface area (Å²) in [5.74, 6) is 0.900. The molecule has 2 aromatic heterocycles. The van der Waals surface area contributed by atoms with Crippen molar-refractivity contribution in [2.24, 2.45) is 4.99 Å². The van der Waals surface area contributed by atoms with Gasteiger partial charge in [0.15, 0.2) is 5.82 Å². The molecule has 0 spiro atoms. The number of rotatable bonds is 4. The van der Waals surface area contributed by atoms with Crippen molar-refractivity contribution in [1.29, 1.82) is 0 Å². The van der Waals surface area contributed by atoms with Crippen LogP contribution in [0.25, 0.3) is 27.8 Å². The topological polar surface area (TPSA) is 43.1 Å². The average Bonchev–Trinajstić information content (AvgIpc) is 3.23. The van der Waals surface area contributed by atoms with Crippen molar-refractivity contribution in [2.45, 2.75) is 6.54 Å². The third-order valence-electron chi connectivity index (χ3n) is 4.70. The molecule has 0 aliphatic carbocycles. The zero-order valence-electron chi connectivity index (χ0n) is 15.6. The summed E-state index contributed by atoms with van der Waals surface area (Å²) in [7, 11) is 0. The van der Waals surface area contributed by atoms with E-state index in [2.05, 4.69) is 63.5 Å². The lowest BCUT2D eigenvalue weighted by Gasteiger charge is -2.09. The highest BCUT2D eigenvalue weighted by Crippen LogP contribution is 2.27. The van der Waals surface area contributed by atoms with Gasteiger partial charge >= 0.3 is 0 Å². The molecule has 0 N–H and O–H groups in total. The molecule has 4 nitrogen and oxygen atoms in total. The Hall–Kier alpha value is -3.57. The van der Waals surface area contributed by atoms with Gasteiger partial charge in [0.05, 0.1) is 12.2 Å². The van der Waals surface area contributed by atoms with E-state index in [1.807, 2.05) is 36.5 Å². The number of fused-ring (bicyclic) bond motifs is 1. The molecular formula is C24H18N4S. The zero-order valence-corrected chi connectivity index (χ0v) is 16.5. The van der Waals surface area contributed by atoms with E-state index in [0.717, 1.165) is 27.4 Å². The van der Waals surface area contributed by atoms with Crippen LogP contribution >= 0.6 is 11.5 Å². The van der Waals surface area contributed by atoms with E-state index in [4.69, 9.17) is 9.98 Å². The SMILES string of the molecule is c1ccc(-c2nc(=NCc3cccnc3)sn2-c2cccc3ccccc23)cc1. The van der Waals surface area contributed by atoms with Gasteiger partial charge in [0.25, 0.3) is 0 Å². The molecule has 29 heavy (non-hydrogen) atoms. The van der Waals surface area contributed by atoms with Crippen molar-refractivity contribution in [1.82, 2.24) is 13.9 Å². The summed E-state index contributed by atoms with van der Waals surface area (Å²) in [5.41, 5.74) is 3.25. The molecule has 5 aromatic rings. The third kappa shape index (κ3) is 3.60. The Labute approximate surface area is 172 Å². The van der Waals surface area contributed by atoms with Crippen LogP contribution < -0.4 is 4.80 Å². The van der Waals surface area contributed by atoms with Gasteiger partial charge in [-0.15, -0.1) is 0 Å². The number of pyridine rings is 1. The van der Waals surface area contributed by atoms with Crippen LogP contribution in [0.15, 0.2) is 102 Å². The van der Waals surface area contributed by atoms with E-state index >= 15 is 0 Å². The molecule has 0 saturated carbocycles. The molecule has 5 rings (SSSR count). The molecule has 140 valence electrons. The largest absolute Gasteiger partial charge is 0.264 e. The highest BCUT2D eigenvalue weighted by molar-refractivity contribution is 7.04. The van der Waals surface area contributed by atoms with Crippen molar-refractivity contribution in [3.8, 4) is 17.1 Å². The minimum absolute atomic E-state index is 0.561. The minimum atomic E-state index is 0.561. The second kappa shape index (κ2) is 7.81. The van der Waals surface area contributed by atoms with E-state index in [9.17, 15) is 0 Å². The third-order valence-corrected chi connectivity index (χ3v) is 5.64. The Morgan fingerprint density at radius 2 is 1.66 bits per heavy atom. The van der Waals surface area contributed by atoms with Crippen LogP contribution in [0.5, 0.6) is 0 Å². The lowest BCUT2D eigenvalue weighted by Crippen LogP contribution is -1.99.